The zero-order valence-corrected chi connectivity index (χ0v) is 14.5. The largest absolute Gasteiger partial charge is 0.381 e. The Morgan fingerprint density at radius 2 is 2.21 bits per heavy atom. The van der Waals surface area contributed by atoms with Gasteiger partial charge in [-0.1, -0.05) is 19.9 Å². The van der Waals surface area contributed by atoms with Crippen LogP contribution in [-0.4, -0.2) is 44.7 Å². The molecule has 1 aromatic rings. The molecule has 2 atom stereocenters. The van der Waals surface area contributed by atoms with Gasteiger partial charge in [-0.05, 0) is 24.6 Å². The molecule has 2 unspecified atom stereocenters. The Hall–Kier alpha value is -2.15. The van der Waals surface area contributed by atoms with Crippen molar-refractivity contribution in [2.75, 3.05) is 26.0 Å². The highest BCUT2D eigenvalue weighted by Crippen LogP contribution is 2.42. The van der Waals surface area contributed by atoms with E-state index < -0.39 is 5.82 Å². The van der Waals surface area contributed by atoms with E-state index in [9.17, 15) is 9.18 Å². The van der Waals surface area contributed by atoms with Crippen LogP contribution in [0.5, 0.6) is 0 Å². The predicted molar refractivity (Wildman–Crippen MR) is 92.5 cm³/mol. The summed E-state index contributed by atoms with van der Waals surface area (Å²) in [6.07, 6.45) is 1.10. The maximum absolute atomic E-state index is 13.1. The number of aliphatic imine (C=N–C) groups is 1. The summed E-state index contributed by atoms with van der Waals surface area (Å²) < 4.78 is 18.5. The Kier molecular flexibility index (Phi) is 5.77. The number of methoxy groups -OCH3 is 1. The van der Waals surface area contributed by atoms with Gasteiger partial charge >= 0.3 is 0 Å². The summed E-state index contributed by atoms with van der Waals surface area (Å²) in [5.41, 5.74) is 0.420. The number of nitrogens with zero attached hydrogens (tertiary/aromatic N) is 1. The van der Waals surface area contributed by atoms with Crippen molar-refractivity contribution in [3.63, 3.8) is 0 Å². The predicted octanol–water partition coefficient (Wildman–Crippen LogP) is 1.74. The molecule has 6 nitrogen and oxygen atoms in total. The molecule has 0 saturated heterocycles. The highest BCUT2D eigenvalue weighted by molar-refractivity contribution is 5.95. The van der Waals surface area contributed by atoms with Gasteiger partial charge in [0.05, 0.1) is 12.6 Å². The smallest absolute Gasteiger partial charge is 0.243 e. The lowest BCUT2D eigenvalue weighted by molar-refractivity contribution is -0.115. The van der Waals surface area contributed by atoms with Gasteiger partial charge in [0.2, 0.25) is 5.91 Å². The van der Waals surface area contributed by atoms with Gasteiger partial charge in [-0.3, -0.25) is 9.79 Å². The average molecular weight is 336 g/mol. The fourth-order valence-corrected chi connectivity index (χ4v) is 2.83. The number of hydrogen-bond acceptors (Lipinski definition) is 3. The third kappa shape index (κ3) is 4.23. The monoisotopic (exact) mass is 336 g/mol. The average Bonchev–Trinajstić information content (AvgIpc) is 2.53. The van der Waals surface area contributed by atoms with Crippen molar-refractivity contribution in [1.29, 1.82) is 0 Å². The van der Waals surface area contributed by atoms with Crippen molar-refractivity contribution in [2.24, 2.45) is 10.4 Å². The Balaban J connectivity index is 1.81. The molecule has 0 aromatic heterocycles. The molecule has 0 heterocycles. The first kappa shape index (κ1) is 18.2. The molecule has 1 saturated carbocycles. The number of rotatable bonds is 5. The van der Waals surface area contributed by atoms with Gasteiger partial charge in [-0.25, -0.2) is 4.39 Å². The zero-order chi connectivity index (χ0) is 17.7. The van der Waals surface area contributed by atoms with Gasteiger partial charge in [0.25, 0.3) is 0 Å². The molecule has 0 aliphatic heterocycles. The number of carbonyl (C=O) groups excluding carboxylic acids is 1. The molecule has 1 aliphatic carbocycles. The summed E-state index contributed by atoms with van der Waals surface area (Å²) in [6.45, 7) is 4.30. The number of nitrogens with one attached hydrogen (secondary N) is 3. The second kappa shape index (κ2) is 7.61. The van der Waals surface area contributed by atoms with Crippen molar-refractivity contribution >= 4 is 17.6 Å². The summed E-state index contributed by atoms with van der Waals surface area (Å²) in [4.78, 5) is 16.1. The molecule has 1 aromatic carbocycles. The number of anilines is 1. The van der Waals surface area contributed by atoms with E-state index in [0.29, 0.717) is 11.6 Å². The molecule has 1 amide bonds. The lowest BCUT2D eigenvalue weighted by Crippen LogP contribution is -2.63. The molecular formula is C17H25FN4O2. The Labute approximate surface area is 141 Å². The number of halogens is 1. The molecule has 0 radical (unpaired) electrons. The van der Waals surface area contributed by atoms with Crippen molar-refractivity contribution < 1.29 is 13.9 Å². The SMILES string of the molecule is CN=C(NCC(=O)Nc1cccc(F)c1)NC1CC(OC)C1(C)C. The van der Waals surface area contributed by atoms with Gasteiger partial charge in [0, 0.05) is 31.3 Å². The maximum atomic E-state index is 13.1. The number of amides is 1. The third-order valence-corrected chi connectivity index (χ3v) is 4.52. The molecule has 1 fully saturated rings. The van der Waals surface area contributed by atoms with E-state index in [4.69, 9.17) is 4.74 Å². The molecule has 0 bridgehead atoms. The minimum atomic E-state index is -0.391. The highest BCUT2D eigenvalue weighted by Gasteiger charge is 2.48. The van der Waals surface area contributed by atoms with Gasteiger partial charge in [0.15, 0.2) is 5.96 Å². The molecule has 3 N–H and O–H groups in total. The number of ether oxygens (including phenoxy) is 1. The van der Waals surface area contributed by atoms with E-state index in [-0.39, 0.29) is 30.0 Å². The molecular weight excluding hydrogens is 311 g/mol. The lowest BCUT2D eigenvalue weighted by Gasteiger charge is -2.51. The number of hydrogen-bond donors (Lipinski definition) is 3. The summed E-state index contributed by atoms with van der Waals surface area (Å²) in [6, 6.07) is 6.00. The standard InChI is InChI=1S/C17H25FN4O2/c1-17(2)13(9-14(17)24-4)22-16(19-3)20-10-15(23)21-12-7-5-6-11(18)8-12/h5-8,13-14H,9-10H2,1-4H3,(H,21,23)(H2,19,20,22). The summed E-state index contributed by atoms with van der Waals surface area (Å²) in [7, 11) is 3.37. The molecule has 7 heteroatoms. The van der Waals surface area contributed by atoms with Crippen LogP contribution in [0, 0.1) is 11.2 Å². The van der Waals surface area contributed by atoms with Crippen LogP contribution in [0.4, 0.5) is 10.1 Å². The number of guanidine groups is 1. The van der Waals surface area contributed by atoms with E-state index in [1.807, 2.05) is 0 Å². The van der Waals surface area contributed by atoms with Crippen LogP contribution in [0.3, 0.4) is 0 Å². The first-order valence-corrected chi connectivity index (χ1v) is 7.92. The second-order valence-corrected chi connectivity index (χ2v) is 6.46. The van der Waals surface area contributed by atoms with Crippen LogP contribution >= 0.6 is 0 Å². The topological polar surface area (TPSA) is 74.8 Å². The van der Waals surface area contributed by atoms with Crippen LogP contribution in [0.15, 0.2) is 29.3 Å². The fraction of sp³-hybridized carbons (Fsp3) is 0.529. The van der Waals surface area contributed by atoms with Crippen LogP contribution in [0.1, 0.15) is 20.3 Å². The lowest BCUT2D eigenvalue weighted by atomic mass is 9.64. The quantitative estimate of drug-likeness (QED) is 0.566. The van der Waals surface area contributed by atoms with Crippen LogP contribution in [-0.2, 0) is 9.53 Å². The van der Waals surface area contributed by atoms with Crippen molar-refractivity contribution in [2.45, 2.75) is 32.4 Å². The van der Waals surface area contributed by atoms with E-state index in [2.05, 4.69) is 34.8 Å². The van der Waals surface area contributed by atoms with Crippen molar-refractivity contribution in [1.82, 2.24) is 10.6 Å². The van der Waals surface area contributed by atoms with Crippen LogP contribution in [0.2, 0.25) is 0 Å². The van der Waals surface area contributed by atoms with Crippen LogP contribution in [0.25, 0.3) is 0 Å². The van der Waals surface area contributed by atoms with E-state index in [1.165, 1.54) is 12.1 Å². The Morgan fingerprint density at radius 3 is 2.79 bits per heavy atom. The Morgan fingerprint density at radius 1 is 1.46 bits per heavy atom. The number of carbonyl (C=O) groups is 1. The van der Waals surface area contributed by atoms with Gasteiger partial charge in [-0.2, -0.15) is 0 Å². The zero-order valence-electron chi connectivity index (χ0n) is 14.5. The first-order chi connectivity index (χ1) is 11.4. The normalized spacial score (nSPS) is 22.5. The second-order valence-electron chi connectivity index (χ2n) is 6.46. The molecule has 0 spiro atoms. The van der Waals surface area contributed by atoms with E-state index in [1.54, 1.807) is 26.3 Å². The minimum absolute atomic E-state index is 0.00378. The van der Waals surface area contributed by atoms with E-state index in [0.717, 1.165) is 6.42 Å². The Bertz CT molecular complexity index is 618. The molecule has 2 rings (SSSR count). The third-order valence-electron chi connectivity index (χ3n) is 4.52. The van der Waals surface area contributed by atoms with Gasteiger partial charge < -0.3 is 20.7 Å². The highest BCUT2D eigenvalue weighted by atomic mass is 19.1. The summed E-state index contributed by atoms with van der Waals surface area (Å²) in [5.74, 6) is -0.110. The maximum Gasteiger partial charge on any atom is 0.243 e. The molecule has 24 heavy (non-hydrogen) atoms. The van der Waals surface area contributed by atoms with Crippen LogP contribution < -0.4 is 16.0 Å². The van der Waals surface area contributed by atoms with Crippen molar-refractivity contribution in [3.05, 3.63) is 30.1 Å². The fourth-order valence-electron chi connectivity index (χ4n) is 2.83. The summed E-state index contributed by atoms with van der Waals surface area (Å²) >= 11 is 0. The van der Waals surface area contributed by atoms with Gasteiger partial charge in [0.1, 0.15) is 5.82 Å². The first-order valence-electron chi connectivity index (χ1n) is 7.92. The van der Waals surface area contributed by atoms with Gasteiger partial charge in [-0.15, -0.1) is 0 Å². The minimum Gasteiger partial charge on any atom is -0.381 e. The molecule has 132 valence electrons. The molecule has 1 aliphatic rings. The van der Waals surface area contributed by atoms with E-state index >= 15 is 0 Å². The summed E-state index contributed by atoms with van der Waals surface area (Å²) in [5, 5.41) is 8.90. The van der Waals surface area contributed by atoms with Crippen molar-refractivity contribution in [3.8, 4) is 0 Å². The number of benzene rings is 1.